The number of ether oxygens (including phenoxy) is 2. The Balaban J connectivity index is 2.25. The maximum atomic E-state index is 9.53. The molecular weight excluding hydrogens is 242 g/mol. The van der Waals surface area contributed by atoms with Gasteiger partial charge in [-0.2, -0.15) is 0 Å². The Kier molecular flexibility index (Phi) is 7.91. The summed E-state index contributed by atoms with van der Waals surface area (Å²) in [5, 5.41) is 12.9. The zero-order valence-electron chi connectivity index (χ0n) is 12.8. The van der Waals surface area contributed by atoms with Gasteiger partial charge in [0.05, 0.1) is 25.4 Å². The van der Waals surface area contributed by atoms with Crippen molar-refractivity contribution in [2.24, 2.45) is 0 Å². The van der Waals surface area contributed by atoms with Crippen LogP contribution < -0.4 is 5.32 Å². The number of rotatable bonds is 9. The van der Waals surface area contributed by atoms with Crippen LogP contribution in [0.3, 0.4) is 0 Å². The molecule has 0 radical (unpaired) electrons. The second-order valence-corrected chi connectivity index (χ2v) is 5.98. The first-order chi connectivity index (χ1) is 9.09. The van der Waals surface area contributed by atoms with Crippen LogP contribution in [0.1, 0.15) is 52.9 Å². The number of nitrogens with one attached hydrogen (secondary N) is 1. The fraction of sp³-hybridized carbons (Fsp3) is 1.00. The van der Waals surface area contributed by atoms with Gasteiger partial charge in [-0.15, -0.1) is 0 Å². The first kappa shape index (κ1) is 16.9. The van der Waals surface area contributed by atoms with E-state index in [-0.39, 0.29) is 24.4 Å². The van der Waals surface area contributed by atoms with Crippen molar-refractivity contribution in [2.75, 3.05) is 26.4 Å². The van der Waals surface area contributed by atoms with Crippen LogP contribution in [-0.4, -0.2) is 49.2 Å². The minimum Gasteiger partial charge on any atom is -0.394 e. The molecule has 0 aromatic carbocycles. The van der Waals surface area contributed by atoms with Crippen LogP contribution >= 0.6 is 0 Å². The molecule has 1 aliphatic rings. The Morgan fingerprint density at radius 1 is 1.47 bits per heavy atom. The van der Waals surface area contributed by atoms with Crippen LogP contribution in [0, 0.1) is 0 Å². The zero-order valence-corrected chi connectivity index (χ0v) is 12.8. The lowest BCUT2D eigenvalue weighted by Crippen LogP contribution is -2.48. The number of aliphatic hydroxyl groups excluding tert-OH is 1. The molecule has 4 nitrogen and oxygen atoms in total. The molecule has 1 saturated heterocycles. The van der Waals surface area contributed by atoms with E-state index in [1.54, 1.807) is 0 Å². The van der Waals surface area contributed by atoms with Gasteiger partial charge in [-0.25, -0.2) is 0 Å². The minimum atomic E-state index is -0.247. The molecule has 0 bridgehead atoms. The largest absolute Gasteiger partial charge is 0.394 e. The number of hydrogen-bond donors (Lipinski definition) is 2. The lowest BCUT2D eigenvalue weighted by atomic mass is 9.95. The zero-order chi connectivity index (χ0) is 14.1. The van der Waals surface area contributed by atoms with Gasteiger partial charge in [0.2, 0.25) is 0 Å². The fourth-order valence-corrected chi connectivity index (χ4v) is 2.52. The maximum absolute atomic E-state index is 9.53. The van der Waals surface area contributed by atoms with Crippen LogP contribution in [0.25, 0.3) is 0 Å². The predicted molar refractivity (Wildman–Crippen MR) is 77.4 cm³/mol. The van der Waals surface area contributed by atoms with Gasteiger partial charge in [0.1, 0.15) is 0 Å². The summed E-state index contributed by atoms with van der Waals surface area (Å²) in [7, 11) is 0. The van der Waals surface area contributed by atoms with E-state index in [4.69, 9.17) is 9.47 Å². The van der Waals surface area contributed by atoms with Crippen molar-refractivity contribution in [3.05, 3.63) is 0 Å². The summed E-state index contributed by atoms with van der Waals surface area (Å²) < 4.78 is 11.5. The smallest absolute Gasteiger partial charge is 0.0808 e. The molecule has 2 N–H and O–H groups in total. The molecule has 19 heavy (non-hydrogen) atoms. The summed E-state index contributed by atoms with van der Waals surface area (Å²) in [6.07, 6.45) is 5.81. The van der Waals surface area contributed by atoms with Gasteiger partial charge in [0.15, 0.2) is 0 Å². The van der Waals surface area contributed by atoms with Crippen molar-refractivity contribution in [3.8, 4) is 0 Å². The standard InChI is InChI=1S/C15H31NO3/c1-4-8-16-15(3,12-17)10-13(2)19-11-14-7-5-6-9-18-14/h13-14,16-17H,4-12H2,1-3H3. The van der Waals surface area contributed by atoms with Crippen molar-refractivity contribution < 1.29 is 14.6 Å². The number of hydrogen-bond acceptors (Lipinski definition) is 4. The molecule has 1 fully saturated rings. The average Bonchev–Trinajstić information content (AvgIpc) is 2.44. The van der Waals surface area contributed by atoms with Crippen LogP contribution in [-0.2, 0) is 9.47 Å². The van der Waals surface area contributed by atoms with Gasteiger partial charge >= 0.3 is 0 Å². The van der Waals surface area contributed by atoms with Gasteiger partial charge in [-0.05, 0) is 52.5 Å². The quantitative estimate of drug-likeness (QED) is 0.675. The molecule has 0 aliphatic carbocycles. The summed E-state index contributed by atoms with van der Waals surface area (Å²) in [4.78, 5) is 0. The Hall–Kier alpha value is -0.160. The van der Waals surface area contributed by atoms with E-state index in [1.165, 1.54) is 12.8 Å². The van der Waals surface area contributed by atoms with Crippen molar-refractivity contribution >= 4 is 0 Å². The van der Waals surface area contributed by atoms with Crippen molar-refractivity contribution in [2.45, 2.75) is 70.6 Å². The second-order valence-electron chi connectivity index (χ2n) is 5.98. The first-order valence-corrected chi connectivity index (χ1v) is 7.68. The topological polar surface area (TPSA) is 50.7 Å². The van der Waals surface area contributed by atoms with Gasteiger partial charge in [0, 0.05) is 12.1 Å². The molecule has 0 amide bonds. The van der Waals surface area contributed by atoms with Crippen molar-refractivity contribution in [1.29, 1.82) is 0 Å². The van der Waals surface area contributed by atoms with E-state index in [9.17, 15) is 5.11 Å². The van der Waals surface area contributed by atoms with Crippen LogP contribution in [0.2, 0.25) is 0 Å². The molecule has 1 rings (SSSR count). The molecule has 0 aromatic heterocycles. The SMILES string of the molecule is CCCNC(C)(CO)CC(C)OCC1CCCCO1. The third-order valence-electron chi connectivity index (χ3n) is 3.73. The Morgan fingerprint density at radius 2 is 2.26 bits per heavy atom. The molecule has 0 spiro atoms. The Labute approximate surface area is 117 Å². The highest BCUT2D eigenvalue weighted by Gasteiger charge is 2.26. The van der Waals surface area contributed by atoms with E-state index < -0.39 is 0 Å². The molecule has 0 aromatic rings. The molecular formula is C15H31NO3. The van der Waals surface area contributed by atoms with E-state index in [1.807, 2.05) is 0 Å². The molecule has 1 heterocycles. The van der Waals surface area contributed by atoms with Gasteiger partial charge < -0.3 is 19.9 Å². The lowest BCUT2D eigenvalue weighted by molar-refractivity contribution is -0.0665. The summed E-state index contributed by atoms with van der Waals surface area (Å²) in [6.45, 7) is 8.87. The third-order valence-corrected chi connectivity index (χ3v) is 3.73. The van der Waals surface area contributed by atoms with Crippen molar-refractivity contribution in [3.63, 3.8) is 0 Å². The fourth-order valence-electron chi connectivity index (χ4n) is 2.52. The summed E-state index contributed by atoms with van der Waals surface area (Å²) in [5.41, 5.74) is -0.247. The normalized spacial score (nSPS) is 24.9. The highest BCUT2D eigenvalue weighted by molar-refractivity contribution is 4.84. The molecule has 3 unspecified atom stereocenters. The Morgan fingerprint density at radius 3 is 2.84 bits per heavy atom. The Bertz CT molecular complexity index is 231. The monoisotopic (exact) mass is 273 g/mol. The minimum absolute atomic E-state index is 0.132. The predicted octanol–water partition coefficient (Wildman–Crippen LogP) is 2.10. The highest BCUT2D eigenvalue weighted by atomic mass is 16.5. The van der Waals surface area contributed by atoms with Crippen LogP contribution in [0.4, 0.5) is 0 Å². The van der Waals surface area contributed by atoms with Crippen LogP contribution in [0.5, 0.6) is 0 Å². The summed E-state index contributed by atoms with van der Waals surface area (Å²) in [5.74, 6) is 0. The maximum Gasteiger partial charge on any atom is 0.0808 e. The first-order valence-electron chi connectivity index (χ1n) is 7.68. The third kappa shape index (κ3) is 6.70. The van der Waals surface area contributed by atoms with E-state index in [0.29, 0.717) is 6.61 Å². The average molecular weight is 273 g/mol. The molecule has 114 valence electrons. The molecule has 3 atom stereocenters. The molecule has 1 aliphatic heterocycles. The molecule has 0 saturated carbocycles. The van der Waals surface area contributed by atoms with Gasteiger partial charge in [-0.3, -0.25) is 0 Å². The summed E-state index contributed by atoms with van der Waals surface area (Å²) in [6, 6.07) is 0. The number of aliphatic hydroxyl groups is 1. The van der Waals surface area contributed by atoms with E-state index in [0.717, 1.165) is 32.4 Å². The lowest BCUT2D eigenvalue weighted by Gasteiger charge is -2.32. The van der Waals surface area contributed by atoms with E-state index >= 15 is 0 Å². The van der Waals surface area contributed by atoms with Gasteiger partial charge in [0.25, 0.3) is 0 Å². The van der Waals surface area contributed by atoms with Gasteiger partial charge in [-0.1, -0.05) is 6.92 Å². The summed E-state index contributed by atoms with van der Waals surface area (Å²) >= 11 is 0. The highest BCUT2D eigenvalue weighted by Crippen LogP contribution is 2.17. The second kappa shape index (κ2) is 8.90. The van der Waals surface area contributed by atoms with Crippen LogP contribution in [0.15, 0.2) is 0 Å². The molecule has 4 heteroatoms. The van der Waals surface area contributed by atoms with E-state index in [2.05, 4.69) is 26.1 Å². The van der Waals surface area contributed by atoms with Crippen molar-refractivity contribution in [1.82, 2.24) is 5.32 Å².